The van der Waals surface area contributed by atoms with E-state index < -0.39 is 17.2 Å². The number of carbonyl (C=O) groups excluding carboxylic acids is 1. The maximum atomic E-state index is 11.5. The molecule has 122 valence electrons. The van der Waals surface area contributed by atoms with E-state index in [0.29, 0.717) is 16.3 Å². The molecule has 1 N–H and O–H groups in total. The van der Waals surface area contributed by atoms with Gasteiger partial charge in [0.15, 0.2) is 0 Å². The van der Waals surface area contributed by atoms with Gasteiger partial charge in [0.25, 0.3) is 0 Å². The Morgan fingerprint density at radius 1 is 1.35 bits per heavy atom. The second-order valence-electron chi connectivity index (χ2n) is 4.69. The molecule has 1 aromatic carbocycles. The smallest absolute Gasteiger partial charge is 0.339 e. The van der Waals surface area contributed by atoms with Crippen molar-refractivity contribution in [3.05, 3.63) is 64.4 Å². The Kier molecular flexibility index (Phi) is 6.23. The molecule has 0 fully saturated rings. The molecule has 0 bridgehead atoms. The van der Waals surface area contributed by atoms with Crippen LogP contribution in [0.2, 0.25) is 5.02 Å². The van der Waals surface area contributed by atoms with Crippen LogP contribution in [0.25, 0.3) is 0 Å². The average molecular weight is 355 g/mol. The summed E-state index contributed by atoms with van der Waals surface area (Å²) in [4.78, 5) is 15.5. The summed E-state index contributed by atoms with van der Waals surface area (Å²) in [6.45, 7) is 0.390. The van der Waals surface area contributed by atoms with Crippen LogP contribution in [-0.4, -0.2) is 31.1 Å². The fourth-order valence-electron chi connectivity index (χ4n) is 1.94. The summed E-state index contributed by atoms with van der Waals surface area (Å²) in [5, 5.41) is 0.562. The second-order valence-corrected chi connectivity index (χ2v) is 6.10. The van der Waals surface area contributed by atoms with Gasteiger partial charge in [0, 0.05) is 17.8 Å². The first-order chi connectivity index (χ1) is 11.0. The first-order valence-electron chi connectivity index (χ1n) is 6.63. The summed E-state index contributed by atoms with van der Waals surface area (Å²) in [6.07, 6.45) is 1.37. The van der Waals surface area contributed by atoms with Gasteiger partial charge >= 0.3 is 5.97 Å². The first kappa shape index (κ1) is 17.6. The van der Waals surface area contributed by atoms with Crippen molar-refractivity contribution in [2.24, 2.45) is 0 Å². The first-order valence-corrected chi connectivity index (χ1v) is 8.07. The number of pyridine rings is 1. The van der Waals surface area contributed by atoms with Crippen LogP contribution in [0.4, 0.5) is 0 Å². The zero-order chi connectivity index (χ0) is 16.8. The predicted octanol–water partition coefficient (Wildman–Crippen LogP) is 2.66. The number of hydrogen-bond acceptors (Lipinski definition) is 4. The van der Waals surface area contributed by atoms with Crippen LogP contribution in [0.15, 0.2) is 42.6 Å². The molecule has 6 nitrogen and oxygen atoms in total. The number of ether oxygens (including phenoxy) is 1. The minimum absolute atomic E-state index is 0.150. The number of carbonyl (C=O) groups is 1. The van der Waals surface area contributed by atoms with Crippen molar-refractivity contribution >= 4 is 28.8 Å². The lowest BCUT2D eigenvalue weighted by molar-refractivity contribution is 0.0600. The Balaban J connectivity index is 2.10. The van der Waals surface area contributed by atoms with Crippen molar-refractivity contribution in [2.75, 3.05) is 7.11 Å². The van der Waals surface area contributed by atoms with E-state index in [1.165, 1.54) is 17.6 Å². The van der Waals surface area contributed by atoms with E-state index in [9.17, 15) is 13.6 Å². The minimum Gasteiger partial charge on any atom is -0.465 e. The van der Waals surface area contributed by atoms with Gasteiger partial charge in [-0.25, -0.2) is 9.00 Å². The molecule has 0 radical (unpaired) electrons. The predicted molar refractivity (Wildman–Crippen MR) is 87.0 cm³/mol. The zero-order valence-electron chi connectivity index (χ0n) is 12.3. The number of methoxy groups -OCH3 is 1. The Hall–Kier alpha value is -1.80. The highest BCUT2D eigenvalue weighted by Gasteiger charge is 2.14. The van der Waals surface area contributed by atoms with Gasteiger partial charge < -0.3 is 4.74 Å². The molecule has 2 aromatic rings. The summed E-state index contributed by atoms with van der Waals surface area (Å²) >= 11 is 3.75. The van der Waals surface area contributed by atoms with Gasteiger partial charge in [-0.2, -0.15) is 4.31 Å². The molecule has 1 unspecified atom stereocenters. The van der Waals surface area contributed by atoms with Gasteiger partial charge in [-0.15, -0.1) is 0 Å². The minimum atomic E-state index is -2.17. The van der Waals surface area contributed by atoms with Crippen LogP contribution in [-0.2, 0) is 29.1 Å². The van der Waals surface area contributed by atoms with E-state index in [0.717, 1.165) is 5.56 Å². The molecule has 0 saturated heterocycles. The fraction of sp³-hybridized carbons (Fsp3) is 0.200. The van der Waals surface area contributed by atoms with E-state index in [-0.39, 0.29) is 13.1 Å². The summed E-state index contributed by atoms with van der Waals surface area (Å²) in [6, 6.07) is 10.2. The molecular weight excluding hydrogens is 340 g/mol. The van der Waals surface area contributed by atoms with Crippen LogP contribution in [0.1, 0.15) is 21.6 Å². The molecule has 0 amide bonds. The molecule has 1 atom stereocenters. The van der Waals surface area contributed by atoms with Crippen LogP contribution in [0.5, 0.6) is 0 Å². The molecule has 0 saturated carbocycles. The lowest BCUT2D eigenvalue weighted by Crippen LogP contribution is -2.25. The van der Waals surface area contributed by atoms with Gasteiger partial charge in [0.2, 0.25) is 11.3 Å². The van der Waals surface area contributed by atoms with Crippen molar-refractivity contribution in [1.29, 1.82) is 0 Å². The monoisotopic (exact) mass is 354 g/mol. The van der Waals surface area contributed by atoms with Crippen molar-refractivity contribution < 1.29 is 18.3 Å². The Morgan fingerprint density at radius 2 is 2.13 bits per heavy atom. The zero-order valence-corrected chi connectivity index (χ0v) is 13.9. The van der Waals surface area contributed by atoms with Crippen LogP contribution >= 0.6 is 11.6 Å². The maximum absolute atomic E-state index is 11.5. The quantitative estimate of drug-likeness (QED) is 0.637. The van der Waals surface area contributed by atoms with E-state index in [2.05, 4.69) is 9.72 Å². The van der Waals surface area contributed by atoms with Crippen LogP contribution in [0, 0.1) is 0 Å². The third-order valence-electron chi connectivity index (χ3n) is 3.05. The summed E-state index contributed by atoms with van der Waals surface area (Å²) in [5.74, 6) is -0.481. The standard InChI is InChI=1S/C15H15ClN2O4S/c1-22-15(19)12-5-6-14(17-8-12)10-18(23(20)21)9-11-3-2-4-13(16)7-11/h2-8H,9-10H2,1H3,(H,20,21). The SMILES string of the molecule is COC(=O)c1ccc(CN(Cc2cccc(Cl)c2)S(=O)O)nc1. The largest absolute Gasteiger partial charge is 0.465 e. The van der Waals surface area contributed by atoms with Gasteiger partial charge in [-0.3, -0.25) is 9.54 Å². The second kappa shape index (κ2) is 8.16. The molecule has 2 rings (SSSR count). The highest BCUT2D eigenvalue weighted by Crippen LogP contribution is 2.15. The number of esters is 1. The summed E-state index contributed by atoms with van der Waals surface area (Å²) in [5.41, 5.74) is 1.69. The van der Waals surface area contributed by atoms with Crippen molar-refractivity contribution in [3.63, 3.8) is 0 Å². The van der Waals surface area contributed by atoms with E-state index in [4.69, 9.17) is 11.6 Å². The van der Waals surface area contributed by atoms with E-state index in [1.54, 1.807) is 30.3 Å². The molecule has 23 heavy (non-hydrogen) atoms. The van der Waals surface area contributed by atoms with E-state index >= 15 is 0 Å². The number of aromatic nitrogens is 1. The van der Waals surface area contributed by atoms with Crippen molar-refractivity contribution in [2.45, 2.75) is 13.1 Å². The number of halogens is 1. The summed E-state index contributed by atoms with van der Waals surface area (Å²) in [7, 11) is 1.29. The number of rotatable bonds is 6. The van der Waals surface area contributed by atoms with Crippen LogP contribution in [0.3, 0.4) is 0 Å². The normalized spacial score (nSPS) is 12.2. The van der Waals surface area contributed by atoms with Crippen molar-refractivity contribution in [3.8, 4) is 0 Å². The molecule has 8 heteroatoms. The molecule has 0 spiro atoms. The average Bonchev–Trinajstić information content (AvgIpc) is 2.54. The third-order valence-corrected chi connectivity index (χ3v) is 3.99. The molecular formula is C15H15ClN2O4S. The fourth-order valence-corrected chi connectivity index (χ4v) is 2.66. The van der Waals surface area contributed by atoms with Crippen LogP contribution < -0.4 is 0 Å². The third kappa shape index (κ3) is 5.11. The van der Waals surface area contributed by atoms with E-state index in [1.807, 2.05) is 6.07 Å². The Bertz CT molecular complexity index is 709. The highest BCUT2D eigenvalue weighted by molar-refractivity contribution is 7.76. The van der Waals surface area contributed by atoms with Gasteiger partial charge in [-0.05, 0) is 29.8 Å². The molecule has 0 aliphatic heterocycles. The number of nitrogens with zero attached hydrogens (tertiary/aromatic N) is 2. The molecule has 0 aliphatic rings. The highest BCUT2D eigenvalue weighted by atomic mass is 35.5. The summed E-state index contributed by atoms with van der Waals surface area (Å²) < 4.78 is 26.9. The lowest BCUT2D eigenvalue weighted by atomic mass is 10.2. The van der Waals surface area contributed by atoms with Gasteiger partial charge in [-0.1, -0.05) is 23.7 Å². The van der Waals surface area contributed by atoms with Crippen molar-refractivity contribution in [1.82, 2.24) is 9.29 Å². The lowest BCUT2D eigenvalue weighted by Gasteiger charge is -2.17. The number of hydrogen-bond donors (Lipinski definition) is 1. The topological polar surface area (TPSA) is 79.7 Å². The molecule has 1 aromatic heterocycles. The van der Waals surface area contributed by atoms with Gasteiger partial charge in [0.1, 0.15) is 0 Å². The van der Waals surface area contributed by atoms with Gasteiger partial charge in [0.05, 0.1) is 24.9 Å². The number of benzene rings is 1. The maximum Gasteiger partial charge on any atom is 0.339 e. The molecule has 1 heterocycles. The Labute approximate surface area is 141 Å². The molecule has 0 aliphatic carbocycles. The Morgan fingerprint density at radius 3 is 2.70 bits per heavy atom.